The lowest BCUT2D eigenvalue weighted by Crippen LogP contribution is -2.25. The predicted octanol–water partition coefficient (Wildman–Crippen LogP) is 2.65. The molecule has 7 nitrogen and oxygen atoms in total. The second-order valence-corrected chi connectivity index (χ2v) is 5.30. The third-order valence-electron chi connectivity index (χ3n) is 3.13. The molecule has 1 amide bonds. The Kier molecular flexibility index (Phi) is 6.77. The van der Waals surface area contributed by atoms with Crippen molar-refractivity contribution in [2.75, 3.05) is 32.7 Å². The summed E-state index contributed by atoms with van der Waals surface area (Å²) in [6.07, 6.45) is 3.66. The van der Waals surface area contributed by atoms with Crippen LogP contribution in [0.3, 0.4) is 0 Å². The number of hydrogen-bond donors (Lipinski definition) is 2. The van der Waals surface area contributed by atoms with E-state index in [0.29, 0.717) is 41.1 Å². The van der Waals surface area contributed by atoms with E-state index in [1.165, 1.54) is 12.4 Å². The summed E-state index contributed by atoms with van der Waals surface area (Å²) in [6, 6.07) is 5.18. The summed E-state index contributed by atoms with van der Waals surface area (Å²) in [7, 11) is 3.18. The van der Waals surface area contributed by atoms with Crippen LogP contribution in [0.4, 0.5) is 11.6 Å². The van der Waals surface area contributed by atoms with Crippen molar-refractivity contribution >= 4 is 29.1 Å². The smallest absolute Gasteiger partial charge is 0.254 e. The van der Waals surface area contributed by atoms with Gasteiger partial charge < -0.3 is 20.1 Å². The highest BCUT2D eigenvalue weighted by molar-refractivity contribution is 6.31. The van der Waals surface area contributed by atoms with E-state index in [0.717, 1.165) is 6.42 Å². The highest BCUT2D eigenvalue weighted by Gasteiger charge is 2.09. The number of methoxy groups -OCH3 is 2. The molecule has 24 heavy (non-hydrogen) atoms. The Bertz CT molecular complexity index is 680. The first-order chi connectivity index (χ1) is 11.6. The topological polar surface area (TPSA) is 85.4 Å². The van der Waals surface area contributed by atoms with Gasteiger partial charge in [0.15, 0.2) is 0 Å². The summed E-state index contributed by atoms with van der Waals surface area (Å²) in [5, 5.41) is 6.34. The minimum Gasteiger partial charge on any atom is -0.495 e. The van der Waals surface area contributed by atoms with Crippen LogP contribution in [-0.2, 0) is 4.74 Å². The second-order valence-electron chi connectivity index (χ2n) is 4.87. The van der Waals surface area contributed by atoms with E-state index in [4.69, 9.17) is 21.1 Å². The Balaban J connectivity index is 1.99. The maximum Gasteiger partial charge on any atom is 0.254 e. The highest BCUT2D eigenvalue weighted by atomic mass is 35.5. The van der Waals surface area contributed by atoms with Gasteiger partial charge in [-0.2, -0.15) is 0 Å². The number of benzene rings is 1. The van der Waals surface area contributed by atoms with Gasteiger partial charge in [-0.15, -0.1) is 0 Å². The number of halogens is 1. The number of amides is 1. The molecule has 1 aromatic carbocycles. The lowest BCUT2D eigenvalue weighted by atomic mass is 10.3. The van der Waals surface area contributed by atoms with E-state index >= 15 is 0 Å². The van der Waals surface area contributed by atoms with Crippen molar-refractivity contribution in [3.8, 4) is 5.75 Å². The number of rotatable bonds is 8. The molecule has 0 aliphatic rings. The molecule has 128 valence electrons. The number of nitrogens with zero attached hydrogens (tertiary/aromatic N) is 2. The van der Waals surface area contributed by atoms with Crippen molar-refractivity contribution in [1.82, 2.24) is 15.3 Å². The Hall–Kier alpha value is -2.38. The number of hydrogen-bond acceptors (Lipinski definition) is 6. The summed E-state index contributed by atoms with van der Waals surface area (Å²) in [5.74, 6) is 0.729. The fraction of sp³-hybridized carbons (Fsp3) is 0.312. The van der Waals surface area contributed by atoms with Crippen LogP contribution in [0.2, 0.25) is 5.02 Å². The van der Waals surface area contributed by atoms with E-state index in [1.807, 2.05) is 0 Å². The van der Waals surface area contributed by atoms with Gasteiger partial charge in [-0.05, 0) is 24.6 Å². The third-order valence-corrected chi connectivity index (χ3v) is 3.37. The van der Waals surface area contributed by atoms with E-state index in [9.17, 15) is 4.79 Å². The molecule has 2 aromatic rings. The monoisotopic (exact) mass is 350 g/mol. The average molecular weight is 351 g/mol. The maximum atomic E-state index is 11.9. The molecule has 0 saturated carbocycles. The normalized spacial score (nSPS) is 10.3. The minimum absolute atomic E-state index is 0.224. The minimum atomic E-state index is -0.224. The van der Waals surface area contributed by atoms with Gasteiger partial charge in [0.2, 0.25) is 5.95 Å². The zero-order valence-electron chi connectivity index (χ0n) is 13.5. The van der Waals surface area contributed by atoms with Gasteiger partial charge >= 0.3 is 0 Å². The predicted molar refractivity (Wildman–Crippen MR) is 92.1 cm³/mol. The molecular formula is C16H19ClN4O3. The van der Waals surface area contributed by atoms with Gasteiger partial charge in [0.05, 0.1) is 18.4 Å². The fourth-order valence-electron chi connectivity index (χ4n) is 1.93. The van der Waals surface area contributed by atoms with Crippen LogP contribution in [0.25, 0.3) is 0 Å². The molecule has 8 heteroatoms. The lowest BCUT2D eigenvalue weighted by Gasteiger charge is -2.10. The number of nitrogens with one attached hydrogen (secondary N) is 2. The number of carbonyl (C=O) groups is 1. The van der Waals surface area contributed by atoms with E-state index < -0.39 is 0 Å². The molecule has 0 bridgehead atoms. The van der Waals surface area contributed by atoms with Crippen LogP contribution in [0, 0.1) is 0 Å². The standard InChI is InChI=1S/C16H19ClN4O3/c1-23-7-3-6-18-15(22)11-9-19-16(20-10-11)21-13-8-12(17)4-5-14(13)24-2/h4-5,8-10H,3,6-7H2,1-2H3,(H,18,22)(H,19,20,21). The van der Waals surface area contributed by atoms with Crippen LogP contribution in [0.1, 0.15) is 16.8 Å². The van der Waals surface area contributed by atoms with Crippen LogP contribution < -0.4 is 15.4 Å². The molecule has 2 N–H and O–H groups in total. The summed E-state index contributed by atoms with van der Waals surface area (Å²) in [5.41, 5.74) is 1.03. The van der Waals surface area contributed by atoms with E-state index in [1.54, 1.807) is 32.4 Å². The Labute approximate surface area is 145 Å². The summed E-state index contributed by atoms with van der Waals surface area (Å²) in [4.78, 5) is 20.2. The van der Waals surface area contributed by atoms with Crippen molar-refractivity contribution < 1.29 is 14.3 Å². The molecular weight excluding hydrogens is 332 g/mol. The molecule has 0 saturated heterocycles. The van der Waals surface area contributed by atoms with Crippen LogP contribution in [-0.4, -0.2) is 43.2 Å². The molecule has 0 unspecified atom stereocenters. The number of carbonyl (C=O) groups excluding carboxylic acids is 1. The fourth-order valence-corrected chi connectivity index (χ4v) is 2.10. The van der Waals surface area contributed by atoms with Gasteiger partial charge in [-0.25, -0.2) is 9.97 Å². The lowest BCUT2D eigenvalue weighted by molar-refractivity contribution is 0.0948. The van der Waals surface area contributed by atoms with Crippen LogP contribution in [0.15, 0.2) is 30.6 Å². The number of ether oxygens (including phenoxy) is 2. The third kappa shape index (κ3) is 5.07. The SMILES string of the molecule is COCCCNC(=O)c1cnc(Nc2cc(Cl)ccc2OC)nc1. The van der Waals surface area contributed by atoms with Crippen molar-refractivity contribution in [1.29, 1.82) is 0 Å². The Morgan fingerprint density at radius 1 is 1.25 bits per heavy atom. The van der Waals surface area contributed by atoms with Crippen LogP contribution in [0.5, 0.6) is 5.75 Å². The molecule has 0 aliphatic heterocycles. The van der Waals surface area contributed by atoms with Crippen molar-refractivity contribution in [2.45, 2.75) is 6.42 Å². The van der Waals surface area contributed by atoms with Crippen molar-refractivity contribution in [3.63, 3.8) is 0 Å². The highest BCUT2D eigenvalue weighted by Crippen LogP contribution is 2.29. The average Bonchev–Trinajstić information content (AvgIpc) is 2.59. The quantitative estimate of drug-likeness (QED) is 0.712. The molecule has 1 aromatic heterocycles. The van der Waals surface area contributed by atoms with Gasteiger partial charge in [0.25, 0.3) is 5.91 Å². The van der Waals surface area contributed by atoms with Gasteiger partial charge in [-0.1, -0.05) is 11.6 Å². The summed E-state index contributed by atoms with van der Waals surface area (Å²) < 4.78 is 10.2. The van der Waals surface area contributed by atoms with E-state index in [2.05, 4.69) is 20.6 Å². The molecule has 0 aliphatic carbocycles. The Morgan fingerprint density at radius 2 is 2.00 bits per heavy atom. The molecule has 0 radical (unpaired) electrons. The first-order valence-electron chi connectivity index (χ1n) is 7.33. The van der Waals surface area contributed by atoms with Crippen LogP contribution >= 0.6 is 11.6 Å². The first kappa shape index (κ1) is 18.0. The van der Waals surface area contributed by atoms with Gasteiger partial charge in [0.1, 0.15) is 5.75 Å². The zero-order chi connectivity index (χ0) is 17.4. The largest absolute Gasteiger partial charge is 0.495 e. The first-order valence-corrected chi connectivity index (χ1v) is 7.71. The Morgan fingerprint density at radius 3 is 2.67 bits per heavy atom. The molecule has 1 heterocycles. The van der Waals surface area contributed by atoms with Gasteiger partial charge in [-0.3, -0.25) is 4.79 Å². The van der Waals surface area contributed by atoms with Crippen molar-refractivity contribution in [2.24, 2.45) is 0 Å². The molecule has 0 spiro atoms. The summed E-state index contributed by atoms with van der Waals surface area (Å²) in [6.45, 7) is 1.13. The summed E-state index contributed by atoms with van der Waals surface area (Å²) >= 11 is 5.98. The zero-order valence-corrected chi connectivity index (χ0v) is 14.3. The molecule has 0 atom stereocenters. The van der Waals surface area contributed by atoms with Crippen molar-refractivity contribution in [3.05, 3.63) is 41.2 Å². The van der Waals surface area contributed by atoms with Gasteiger partial charge in [0, 0.05) is 37.7 Å². The molecule has 0 fully saturated rings. The number of anilines is 2. The number of aromatic nitrogens is 2. The van der Waals surface area contributed by atoms with E-state index in [-0.39, 0.29) is 5.91 Å². The molecule has 2 rings (SSSR count). The second kappa shape index (κ2) is 9.05. The maximum absolute atomic E-state index is 11.9.